The van der Waals surface area contributed by atoms with E-state index in [1.807, 2.05) is 6.07 Å². The molecule has 0 saturated heterocycles. The molecule has 0 radical (unpaired) electrons. The van der Waals surface area contributed by atoms with Crippen molar-refractivity contribution in [2.24, 2.45) is 0 Å². The Balaban J connectivity index is 2.64. The molecule has 96 valence electrons. The van der Waals surface area contributed by atoms with E-state index in [0.717, 1.165) is 0 Å². The fourth-order valence-electron chi connectivity index (χ4n) is 1.12. The number of hydrogen-bond donors (Lipinski definition) is 0. The maximum Gasteiger partial charge on any atom is 0.340 e. The van der Waals surface area contributed by atoms with Crippen LogP contribution in [-0.4, -0.2) is 23.3 Å². The number of ether oxygens (including phenoxy) is 1. The van der Waals surface area contributed by atoms with E-state index in [-0.39, 0.29) is 35.4 Å². The number of rotatable bonds is 6. The van der Waals surface area contributed by atoms with Gasteiger partial charge in [-0.15, -0.1) is 0 Å². The summed E-state index contributed by atoms with van der Waals surface area (Å²) in [6.07, 6.45) is 2.02. The molecule has 0 fully saturated rings. The van der Waals surface area contributed by atoms with E-state index in [2.05, 4.69) is 4.98 Å². The number of esters is 1. The van der Waals surface area contributed by atoms with Crippen molar-refractivity contribution in [2.45, 2.75) is 23.6 Å². The molecule has 0 bridgehead atoms. The Morgan fingerprint density at radius 3 is 3.06 bits per heavy atom. The zero-order valence-electron chi connectivity index (χ0n) is 9.31. The fraction of sp³-hybridized carbons (Fsp3) is 0.364. The Hall–Kier alpha value is -1.68. The molecule has 1 heterocycles. The minimum atomic E-state index is -2.65. The third-order valence-electron chi connectivity index (χ3n) is 1.86. The van der Waals surface area contributed by atoms with Gasteiger partial charge >= 0.3 is 5.97 Å². The number of pyridine rings is 1. The highest BCUT2D eigenvalue weighted by atomic mass is 32.2. The summed E-state index contributed by atoms with van der Waals surface area (Å²) in [6.45, 7) is 0.0834. The highest BCUT2D eigenvalue weighted by molar-refractivity contribution is 7.99. The summed E-state index contributed by atoms with van der Waals surface area (Å²) < 4.78 is 29.4. The molecule has 1 rings (SSSR count). The molecule has 7 heteroatoms. The Kier molecular flexibility index (Phi) is 6.08. The Bertz CT molecular complexity index is 449. The second-order valence-electron chi connectivity index (χ2n) is 3.13. The van der Waals surface area contributed by atoms with Gasteiger partial charge in [0, 0.05) is 12.6 Å². The zero-order valence-corrected chi connectivity index (χ0v) is 10.1. The van der Waals surface area contributed by atoms with Crippen molar-refractivity contribution in [2.75, 3.05) is 6.61 Å². The molecule has 1 aromatic rings. The number of nitrogens with zero attached hydrogens (tertiary/aromatic N) is 2. The predicted molar refractivity (Wildman–Crippen MR) is 61.2 cm³/mol. The van der Waals surface area contributed by atoms with Crippen molar-refractivity contribution in [3.8, 4) is 6.07 Å². The molecular formula is C11H10F2N2O2S. The predicted octanol–water partition coefficient (Wildman–Crippen LogP) is 2.86. The van der Waals surface area contributed by atoms with Crippen LogP contribution in [0.15, 0.2) is 23.4 Å². The summed E-state index contributed by atoms with van der Waals surface area (Å²) in [5.74, 6) is -3.35. The summed E-state index contributed by atoms with van der Waals surface area (Å²) in [5.41, 5.74) is 0.0137. The minimum absolute atomic E-state index is 0.0137. The third kappa shape index (κ3) is 4.67. The molecular weight excluding hydrogens is 262 g/mol. The second kappa shape index (κ2) is 7.61. The van der Waals surface area contributed by atoms with Crippen LogP contribution in [0.4, 0.5) is 8.78 Å². The molecule has 18 heavy (non-hydrogen) atoms. The number of carbonyl (C=O) groups excluding carboxylic acids is 1. The van der Waals surface area contributed by atoms with Gasteiger partial charge in [0.1, 0.15) is 5.03 Å². The van der Waals surface area contributed by atoms with Crippen molar-refractivity contribution in [1.82, 2.24) is 4.98 Å². The van der Waals surface area contributed by atoms with E-state index in [4.69, 9.17) is 10.00 Å². The van der Waals surface area contributed by atoms with Crippen molar-refractivity contribution in [3.05, 3.63) is 23.9 Å². The van der Waals surface area contributed by atoms with E-state index < -0.39 is 11.7 Å². The average molecular weight is 272 g/mol. The van der Waals surface area contributed by atoms with Crippen LogP contribution in [0.2, 0.25) is 0 Å². The summed E-state index contributed by atoms with van der Waals surface area (Å²) in [6, 6.07) is 4.76. The first-order valence-electron chi connectivity index (χ1n) is 5.09. The molecule has 0 spiro atoms. The molecule has 0 N–H and O–H groups in total. The van der Waals surface area contributed by atoms with Crippen molar-refractivity contribution < 1.29 is 18.3 Å². The van der Waals surface area contributed by atoms with Gasteiger partial charge in [-0.3, -0.25) is 0 Å². The van der Waals surface area contributed by atoms with Crippen LogP contribution in [0.5, 0.6) is 0 Å². The van der Waals surface area contributed by atoms with Gasteiger partial charge in [0.2, 0.25) is 0 Å². The van der Waals surface area contributed by atoms with E-state index in [0.29, 0.717) is 6.42 Å². The van der Waals surface area contributed by atoms with E-state index in [9.17, 15) is 13.6 Å². The molecule has 0 aromatic carbocycles. The maximum absolute atomic E-state index is 12.3. The van der Waals surface area contributed by atoms with Crippen molar-refractivity contribution in [1.29, 1.82) is 5.26 Å². The quantitative estimate of drug-likeness (QED) is 0.452. The van der Waals surface area contributed by atoms with Gasteiger partial charge in [0.25, 0.3) is 5.76 Å². The minimum Gasteiger partial charge on any atom is -0.462 e. The lowest BCUT2D eigenvalue weighted by Gasteiger charge is -2.07. The largest absolute Gasteiger partial charge is 0.462 e. The van der Waals surface area contributed by atoms with Crippen LogP contribution < -0.4 is 0 Å². The Morgan fingerprint density at radius 2 is 2.39 bits per heavy atom. The molecule has 0 unspecified atom stereocenters. The highest BCUT2D eigenvalue weighted by Crippen LogP contribution is 2.26. The molecule has 0 atom stereocenters. The second-order valence-corrected chi connectivity index (χ2v) is 4.11. The van der Waals surface area contributed by atoms with Gasteiger partial charge < -0.3 is 4.74 Å². The van der Waals surface area contributed by atoms with Crippen LogP contribution in [0.25, 0.3) is 0 Å². The number of carbonyl (C=O) groups is 1. The number of alkyl halides is 2. The number of thioether (sulfide) groups is 1. The number of nitriles is 1. The smallest absolute Gasteiger partial charge is 0.340 e. The Labute approximate surface area is 107 Å². The number of aromatic nitrogens is 1. The molecule has 0 aliphatic rings. The van der Waals surface area contributed by atoms with Crippen LogP contribution in [0.3, 0.4) is 0 Å². The first-order valence-corrected chi connectivity index (χ1v) is 5.97. The van der Waals surface area contributed by atoms with Crippen LogP contribution >= 0.6 is 11.8 Å². The third-order valence-corrected chi connectivity index (χ3v) is 2.58. The summed E-state index contributed by atoms with van der Waals surface area (Å²) >= 11 is 0.199. The van der Waals surface area contributed by atoms with E-state index in [1.54, 1.807) is 0 Å². The number of hydrogen-bond acceptors (Lipinski definition) is 5. The topological polar surface area (TPSA) is 63.0 Å². The molecule has 0 amide bonds. The molecule has 4 nitrogen and oxygen atoms in total. The lowest BCUT2D eigenvalue weighted by atomic mass is 10.3. The standard InChI is InChI=1S/C11H10F2N2O2S/c12-11(13)18-9-8(4-3-6-15-9)10(16)17-7-2-1-5-14/h3-4,6,11H,1-2,7H2. The van der Waals surface area contributed by atoms with Gasteiger partial charge in [-0.05, 0) is 30.3 Å². The van der Waals surface area contributed by atoms with Crippen LogP contribution in [0.1, 0.15) is 23.2 Å². The van der Waals surface area contributed by atoms with Crippen molar-refractivity contribution in [3.63, 3.8) is 0 Å². The van der Waals surface area contributed by atoms with Gasteiger partial charge in [-0.2, -0.15) is 14.0 Å². The monoisotopic (exact) mass is 272 g/mol. The maximum atomic E-state index is 12.3. The molecule has 0 aliphatic carbocycles. The summed E-state index contributed by atoms with van der Waals surface area (Å²) in [5, 5.41) is 8.25. The summed E-state index contributed by atoms with van der Waals surface area (Å²) in [7, 11) is 0. The Morgan fingerprint density at radius 1 is 1.61 bits per heavy atom. The highest BCUT2D eigenvalue weighted by Gasteiger charge is 2.17. The van der Waals surface area contributed by atoms with Gasteiger partial charge in [0.15, 0.2) is 0 Å². The first kappa shape index (κ1) is 14.4. The van der Waals surface area contributed by atoms with Crippen LogP contribution in [-0.2, 0) is 4.74 Å². The SMILES string of the molecule is N#CCCCOC(=O)c1cccnc1SC(F)F. The fourth-order valence-corrected chi connectivity index (χ4v) is 1.69. The van der Waals surface area contributed by atoms with Gasteiger partial charge in [-0.25, -0.2) is 9.78 Å². The van der Waals surface area contributed by atoms with Gasteiger partial charge in [0.05, 0.1) is 18.2 Å². The molecule has 0 aliphatic heterocycles. The number of halogens is 2. The normalized spacial score (nSPS) is 10.1. The molecule has 0 saturated carbocycles. The number of unbranched alkanes of at least 4 members (excludes halogenated alkanes) is 1. The van der Waals surface area contributed by atoms with E-state index >= 15 is 0 Å². The first-order chi connectivity index (χ1) is 8.65. The molecule has 1 aromatic heterocycles. The lowest BCUT2D eigenvalue weighted by molar-refractivity contribution is 0.0496. The lowest BCUT2D eigenvalue weighted by Crippen LogP contribution is -2.09. The van der Waals surface area contributed by atoms with Gasteiger partial charge in [-0.1, -0.05) is 0 Å². The zero-order chi connectivity index (χ0) is 13.4. The average Bonchev–Trinajstić information content (AvgIpc) is 2.34. The van der Waals surface area contributed by atoms with Crippen LogP contribution in [0, 0.1) is 11.3 Å². The summed E-state index contributed by atoms with van der Waals surface area (Å²) in [4.78, 5) is 15.3. The van der Waals surface area contributed by atoms with Crippen molar-refractivity contribution >= 4 is 17.7 Å². The van der Waals surface area contributed by atoms with E-state index in [1.165, 1.54) is 18.3 Å².